The number of hydrogen-bond donors (Lipinski definition) is 3. The lowest BCUT2D eigenvalue weighted by atomic mass is 9.89. The molecule has 0 saturated carbocycles. The summed E-state index contributed by atoms with van der Waals surface area (Å²) in [7, 11) is -3.02. The van der Waals surface area contributed by atoms with Gasteiger partial charge in [-0.3, -0.25) is 14.3 Å². The molecule has 40 heavy (non-hydrogen) atoms. The van der Waals surface area contributed by atoms with E-state index in [4.69, 9.17) is 19.9 Å². The monoisotopic (exact) mass is 567 g/mol. The average molecular weight is 568 g/mol. The van der Waals surface area contributed by atoms with Crippen LogP contribution in [0, 0.1) is 5.82 Å². The molecule has 4 N–H and O–H groups in total. The Morgan fingerprint density at radius 1 is 1.18 bits per heavy atom. The Morgan fingerprint density at radius 2 is 1.98 bits per heavy atom. The summed E-state index contributed by atoms with van der Waals surface area (Å²) in [6, 6.07) is 16.5. The zero-order valence-corrected chi connectivity index (χ0v) is 23.3. The van der Waals surface area contributed by atoms with Crippen LogP contribution in [0.3, 0.4) is 0 Å². The van der Waals surface area contributed by atoms with E-state index in [9.17, 15) is 8.76 Å². The number of nitrogens with one attached hydrogen (secondary N) is 1. The SMILES string of the molecule is COC1=C(OCCCN)CC2N=CCC(Oc3ccc(NS(C)(=O)(O)c4cccc5ccccc45)cc3F)C2=C1. The van der Waals surface area contributed by atoms with Crippen LogP contribution in [0.4, 0.5) is 10.1 Å². The summed E-state index contributed by atoms with van der Waals surface area (Å²) < 4.78 is 60.7. The van der Waals surface area contributed by atoms with Crippen LogP contribution in [0.2, 0.25) is 0 Å². The van der Waals surface area contributed by atoms with Gasteiger partial charge in [0.05, 0.1) is 30.3 Å². The minimum atomic E-state index is -4.59. The zero-order valence-electron chi connectivity index (χ0n) is 22.5. The molecule has 2 aliphatic rings. The van der Waals surface area contributed by atoms with Crippen molar-refractivity contribution in [2.75, 3.05) is 31.2 Å². The number of rotatable bonds is 10. The van der Waals surface area contributed by atoms with Crippen LogP contribution >= 0.6 is 0 Å². The molecular formula is C30H34FN3O5S. The normalized spacial score (nSPS) is 19.8. The maximum absolute atomic E-state index is 15.3. The maximum Gasteiger partial charge on any atom is 0.167 e. The number of fused-ring (bicyclic) bond motifs is 2. The van der Waals surface area contributed by atoms with Gasteiger partial charge in [-0.15, -0.1) is 9.53 Å². The van der Waals surface area contributed by atoms with Crippen molar-refractivity contribution in [3.8, 4) is 5.75 Å². The van der Waals surface area contributed by atoms with Gasteiger partial charge in [0.15, 0.2) is 17.3 Å². The third kappa shape index (κ3) is 5.74. The maximum atomic E-state index is 15.3. The second kappa shape index (κ2) is 11.0. The Hall–Kier alpha value is -3.73. The van der Waals surface area contributed by atoms with Crippen LogP contribution < -0.4 is 15.2 Å². The first-order valence-electron chi connectivity index (χ1n) is 13.1. The van der Waals surface area contributed by atoms with E-state index in [0.29, 0.717) is 42.9 Å². The van der Waals surface area contributed by atoms with Crippen molar-refractivity contribution in [2.45, 2.75) is 36.3 Å². The highest BCUT2D eigenvalue weighted by molar-refractivity contribution is 8.15. The molecule has 0 radical (unpaired) electrons. The first kappa shape index (κ1) is 27.8. The summed E-state index contributed by atoms with van der Waals surface area (Å²) in [5.74, 6) is 0.669. The van der Waals surface area contributed by atoms with Gasteiger partial charge in [0.1, 0.15) is 11.9 Å². The Bertz CT molecular complexity index is 1570. The Balaban J connectivity index is 1.37. The first-order chi connectivity index (χ1) is 19.2. The van der Waals surface area contributed by atoms with E-state index in [0.717, 1.165) is 17.4 Å². The summed E-state index contributed by atoms with van der Waals surface area (Å²) in [6.45, 7) is 1.02. The van der Waals surface area contributed by atoms with Crippen LogP contribution in [0.25, 0.3) is 10.8 Å². The highest BCUT2D eigenvalue weighted by atomic mass is 32.3. The third-order valence-electron chi connectivity index (χ3n) is 6.98. The molecule has 0 amide bonds. The van der Waals surface area contributed by atoms with Gasteiger partial charge < -0.3 is 19.9 Å². The van der Waals surface area contributed by atoms with E-state index in [-0.39, 0.29) is 22.4 Å². The molecule has 8 nitrogen and oxygen atoms in total. The minimum absolute atomic E-state index is 0.0289. The van der Waals surface area contributed by atoms with Gasteiger partial charge in [-0.1, -0.05) is 36.4 Å². The van der Waals surface area contributed by atoms with Gasteiger partial charge in [0.25, 0.3) is 0 Å². The number of nitrogens with zero attached hydrogens (tertiary/aromatic N) is 1. The number of methoxy groups -OCH3 is 1. The van der Waals surface area contributed by atoms with Crippen molar-refractivity contribution in [3.63, 3.8) is 0 Å². The first-order valence-corrected chi connectivity index (χ1v) is 15.4. The summed E-state index contributed by atoms with van der Waals surface area (Å²) in [4.78, 5) is 4.83. The molecule has 1 heterocycles. The largest absolute Gasteiger partial charge is 0.494 e. The topological polar surface area (TPSA) is 115 Å². The number of allylic oxidation sites excluding steroid dienone is 1. The van der Waals surface area contributed by atoms with Gasteiger partial charge in [-0.05, 0) is 48.2 Å². The van der Waals surface area contributed by atoms with Crippen molar-refractivity contribution in [3.05, 3.63) is 89.6 Å². The minimum Gasteiger partial charge on any atom is -0.494 e. The number of hydrogen-bond acceptors (Lipinski definition) is 6. The van der Waals surface area contributed by atoms with Gasteiger partial charge in [-0.2, -0.15) is 4.21 Å². The molecule has 1 aliphatic carbocycles. The third-order valence-corrected chi connectivity index (χ3v) is 9.09. The van der Waals surface area contributed by atoms with Crippen molar-refractivity contribution < 1.29 is 27.4 Å². The lowest BCUT2D eigenvalue weighted by Crippen LogP contribution is -2.39. The molecule has 2 unspecified atom stereocenters. The fourth-order valence-corrected chi connectivity index (χ4v) is 6.94. The Morgan fingerprint density at radius 3 is 2.75 bits per heavy atom. The predicted molar refractivity (Wildman–Crippen MR) is 157 cm³/mol. The number of halogens is 1. The molecule has 0 spiro atoms. The highest BCUT2D eigenvalue weighted by Gasteiger charge is 2.33. The number of benzene rings is 3. The molecule has 3 aromatic carbocycles. The van der Waals surface area contributed by atoms with Crippen molar-refractivity contribution in [1.29, 1.82) is 0 Å². The lowest BCUT2D eigenvalue weighted by molar-refractivity contribution is 0.159. The fraction of sp³-hybridized carbons (Fsp3) is 0.300. The van der Waals surface area contributed by atoms with Crippen LogP contribution in [0.5, 0.6) is 5.75 Å². The smallest absolute Gasteiger partial charge is 0.167 e. The molecule has 10 heteroatoms. The van der Waals surface area contributed by atoms with Gasteiger partial charge >= 0.3 is 0 Å². The van der Waals surface area contributed by atoms with E-state index in [2.05, 4.69) is 9.71 Å². The number of aliphatic imine (C=N–C) groups is 1. The highest BCUT2D eigenvalue weighted by Crippen LogP contribution is 2.38. The molecule has 0 fully saturated rings. The Kier molecular flexibility index (Phi) is 7.67. The predicted octanol–water partition coefficient (Wildman–Crippen LogP) is 5.43. The zero-order chi connectivity index (χ0) is 28.4. The second-order valence-corrected chi connectivity index (χ2v) is 13.2. The number of anilines is 1. The molecule has 0 saturated heterocycles. The molecular weight excluding hydrogens is 533 g/mol. The van der Waals surface area contributed by atoms with Gasteiger partial charge in [-0.25, -0.2) is 4.39 Å². The average Bonchev–Trinajstić information content (AvgIpc) is 2.93. The summed E-state index contributed by atoms with van der Waals surface area (Å²) in [6.07, 6.45) is 6.11. The molecule has 0 aromatic heterocycles. The quantitative estimate of drug-likeness (QED) is 0.282. The van der Waals surface area contributed by atoms with E-state index in [1.807, 2.05) is 30.3 Å². The van der Waals surface area contributed by atoms with Gasteiger partial charge in [0.2, 0.25) is 0 Å². The van der Waals surface area contributed by atoms with Crippen LogP contribution in [0.1, 0.15) is 19.3 Å². The van der Waals surface area contributed by atoms with E-state index < -0.39 is 21.5 Å². The van der Waals surface area contributed by atoms with Crippen molar-refractivity contribution >= 4 is 32.2 Å². The number of nitrogens with two attached hydrogens (primary N) is 1. The van der Waals surface area contributed by atoms with Crippen molar-refractivity contribution in [1.82, 2.24) is 0 Å². The van der Waals surface area contributed by atoms with Crippen LogP contribution in [0.15, 0.2) is 93.7 Å². The lowest BCUT2D eigenvalue weighted by Gasteiger charge is -2.41. The number of ether oxygens (including phenoxy) is 3. The molecule has 3 aromatic rings. The van der Waals surface area contributed by atoms with E-state index in [1.165, 1.54) is 24.5 Å². The van der Waals surface area contributed by atoms with E-state index >= 15 is 4.39 Å². The second-order valence-electron chi connectivity index (χ2n) is 10.0. The molecule has 212 valence electrons. The standard InChI is InChI=1S/C30H34FN3O5S/c1-37-28-18-23-25(19-29(28)38-16-6-14-32)33-15-13-26(23)39-27-12-11-21(17-24(27)31)34-40(2,35,36)30-10-5-8-20-7-3-4-9-22(20)30/h3-5,7-12,15,17-18,25-26H,6,13-14,16,19,32H2,1-2H3,(H2,34,35,36). The fourth-order valence-electron chi connectivity index (χ4n) is 5.05. The Labute approximate surface area is 233 Å². The molecule has 2 atom stereocenters. The summed E-state index contributed by atoms with van der Waals surface area (Å²) in [5, 5.41) is 1.48. The van der Waals surface area contributed by atoms with E-state index in [1.54, 1.807) is 31.5 Å². The molecule has 0 bridgehead atoms. The van der Waals surface area contributed by atoms with Gasteiger partial charge in [0, 0.05) is 36.8 Å². The van der Waals surface area contributed by atoms with Crippen molar-refractivity contribution in [2.24, 2.45) is 10.7 Å². The summed E-state index contributed by atoms with van der Waals surface area (Å²) >= 11 is 0. The molecule has 5 rings (SSSR count). The molecule has 1 aliphatic heterocycles. The van der Waals surface area contributed by atoms with Crippen LogP contribution in [-0.2, 0) is 19.0 Å². The van der Waals surface area contributed by atoms with Crippen LogP contribution in [-0.4, -0.2) is 53.6 Å². The summed E-state index contributed by atoms with van der Waals surface area (Å²) in [5.41, 5.74) is 6.60.